The molecular weight excluding hydrogens is 575 g/mol. The molecule has 1 N–H and O–H groups in total. The fraction of sp³-hybridized carbons (Fsp3) is 0.240. The summed E-state index contributed by atoms with van der Waals surface area (Å²) in [6, 6.07) is 16.5. The van der Waals surface area contributed by atoms with Crippen molar-refractivity contribution in [3.05, 3.63) is 86.3 Å². The molecular formula is C25H25BrCl2N2O4S. The van der Waals surface area contributed by atoms with E-state index >= 15 is 0 Å². The van der Waals surface area contributed by atoms with Crippen LogP contribution in [0.25, 0.3) is 0 Å². The number of amides is 1. The Morgan fingerprint density at radius 1 is 1.06 bits per heavy atom. The Hall–Kier alpha value is -2.10. The van der Waals surface area contributed by atoms with E-state index in [0.717, 1.165) is 5.56 Å². The molecule has 0 saturated carbocycles. The van der Waals surface area contributed by atoms with Gasteiger partial charge in [-0.25, -0.2) is 13.1 Å². The fourth-order valence-corrected chi connectivity index (χ4v) is 5.30. The van der Waals surface area contributed by atoms with Crippen molar-refractivity contribution in [2.75, 3.05) is 6.54 Å². The van der Waals surface area contributed by atoms with Gasteiger partial charge in [-0.1, -0.05) is 41.4 Å². The van der Waals surface area contributed by atoms with Crippen molar-refractivity contribution < 1.29 is 17.9 Å². The predicted octanol–water partition coefficient (Wildman–Crippen LogP) is 6.90. The lowest BCUT2D eigenvalue weighted by atomic mass is 10.1. The first-order valence-electron chi connectivity index (χ1n) is 10.8. The highest BCUT2D eigenvalue weighted by Crippen LogP contribution is 2.32. The number of para-hydroxylation sites is 1. The van der Waals surface area contributed by atoms with E-state index in [1.165, 1.54) is 12.1 Å². The Labute approximate surface area is 224 Å². The zero-order chi connectivity index (χ0) is 25.8. The maximum atomic E-state index is 13.5. The van der Waals surface area contributed by atoms with E-state index in [0.29, 0.717) is 32.6 Å². The van der Waals surface area contributed by atoms with Crippen molar-refractivity contribution in [1.82, 2.24) is 9.62 Å². The number of ether oxygens (including phenoxy) is 1. The lowest BCUT2D eigenvalue weighted by Gasteiger charge is -2.23. The molecule has 0 unspecified atom stereocenters. The molecule has 0 aromatic heterocycles. The molecule has 0 bridgehead atoms. The van der Waals surface area contributed by atoms with E-state index in [9.17, 15) is 13.2 Å². The summed E-state index contributed by atoms with van der Waals surface area (Å²) >= 11 is 15.5. The van der Waals surface area contributed by atoms with Crippen molar-refractivity contribution in [2.24, 2.45) is 0 Å². The van der Waals surface area contributed by atoms with Gasteiger partial charge in [0.2, 0.25) is 10.0 Å². The van der Waals surface area contributed by atoms with Crippen LogP contribution in [0.1, 0.15) is 36.7 Å². The van der Waals surface area contributed by atoms with Gasteiger partial charge >= 0.3 is 0 Å². The van der Waals surface area contributed by atoms with Crippen LogP contribution in [0.2, 0.25) is 10.0 Å². The number of hydrogen-bond donors (Lipinski definition) is 1. The number of hydrogen-bond acceptors (Lipinski definition) is 4. The second-order valence-corrected chi connectivity index (χ2v) is 11.4. The number of rotatable bonds is 9. The third-order valence-electron chi connectivity index (χ3n) is 4.99. The summed E-state index contributed by atoms with van der Waals surface area (Å²) in [5, 5.41) is 0.798. The maximum Gasteiger partial charge on any atom is 0.255 e. The second-order valence-electron chi connectivity index (χ2n) is 8.02. The predicted molar refractivity (Wildman–Crippen MR) is 143 cm³/mol. The third-order valence-corrected chi connectivity index (χ3v) is 8.08. The number of benzene rings is 3. The third kappa shape index (κ3) is 6.98. The number of carbonyl (C=O) groups excluding carboxylic acids is 1. The highest BCUT2D eigenvalue weighted by molar-refractivity contribution is 9.10. The number of nitrogens with one attached hydrogen (secondary N) is 1. The summed E-state index contributed by atoms with van der Waals surface area (Å²) < 4.78 is 34.3. The van der Waals surface area contributed by atoms with Crippen molar-refractivity contribution >= 4 is 55.1 Å². The number of sulfonamides is 1. The standard InChI is InChI=1S/C25H25BrCl2N2O4S/c1-4-30(25(31)20-14-19(10-11-21(20)26)35(32,33)29-16(2)3)15-17-7-5-6-8-24(17)34-18-9-12-22(27)23(28)13-18/h5-14,16,29H,4,15H2,1-3H3. The summed E-state index contributed by atoms with van der Waals surface area (Å²) in [5.74, 6) is 0.763. The number of nitrogens with zero attached hydrogens (tertiary/aromatic N) is 1. The molecule has 0 aliphatic rings. The summed E-state index contributed by atoms with van der Waals surface area (Å²) in [4.78, 5) is 15.1. The van der Waals surface area contributed by atoms with Gasteiger partial charge in [0.1, 0.15) is 11.5 Å². The second kappa shape index (κ2) is 11.8. The highest BCUT2D eigenvalue weighted by Gasteiger charge is 2.23. The lowest BCUT2D eigenvalue weighted by molar-refractivity contribution is 0.0750. The topological polar surface area (TPSA) is 75.7 Å². The van der Waals surface area contributed by atoms with Gasteiger partial charge in [-0.2, -0.15) is 0 Å². The molecule has 3 aromatic carbocycles. The van der Waals surface area contributed by atoms with Crippen LogP contribution in [-0.2, 0) is 16.6 Å². The first-order chi connectivity index (χ1) is 16.5. The van der Waals surface area contributed by atoms with E-state index in [1.807, 2.05) is 25.1 Å². The van der Waals surface area contributed by atoms with Gasteiger partial charge in [-0.15, -0.1) is 0 Å². The van der Waals surface area contributed by atoms with Crippen LogP contribution in [0.5, 0.6) is 11.5 Å². The molecule has 186 valence electrons. The first-order valence-corrected chi connectivity index (χ1v) is 13.9. The van der Waals surface area contributed by atoms with Crippen LogP contribution >= 0.6 is 39.1 Å². The van der Waals surface area contributed by atoms with Crippen LogP contribution in [-0.4, -0.2) is 31.8 Å². The fourth-order valence-electron chi connectivity index (χ4n) is 3.32. The smallest absolute Gasteiger partial charge is 0.255 e. The monoisotopic (exact) mass is 598 g/mol. The average molecular weight is 600 g/mol. The molecule has 3 rings (SSSR count). The van der Waals surface area contributed by atoms with Crippen LogP contribution in [0.15, 0.2) is 70.0 Å². The minimum absolute atomic E-state index is 0.0251. The quantitative estimate of drug-likeness (QED) is 0.290. The van der Waals surface area contributed by atoms with Crippen molar-refractivity contribution in [3.8, 4) is 11.5 Å². The van der Waals surface area contributed by atoms with Crippen LogP contribution in [0.4, 0.5) is 0 Å². The molecule has 1 amide bonds. The Bertz CT molecular complexity index is 1330. The molecule has 0 atom stereocenters. The van der Waals surface area contributed by atoms with Crippen LogP contribution in [0.3, 0.4) is 0 Å². The van der Waals surface area contributed by atoms with Crippen LogP contribution < -0.4 is 9.46 Å². The van der Waals surface area contributed by atoms with Crippen molar-refractivity contribution in [2.45, 2.75) is 38.3 Å². The molecule has 35 heavy (non-hydrogen) atoms. The van der Waals surface area contributed by atoms with E-state index in [2.05, 4.69) is 20.7 Å². The molecule has 10 heteroatoms. The Morgan fingerprint density at radius 2 is 1.77 bits per heavy atom. The van der Waals surface area contributed by atoms with Gasteiger partial charge in [-0.3, -0.25) is 4.79 Å². The molecule has 0 aliphatic carbocycles. The normalized spacial score (nSPS) is 11.5. The molecule has 3 aromatic rings. The summed E-state index contributed by atoms with van der Waals surface area (Å²) in [7, 11) is -3.75. The maximum absolute atomic E-state index is 13.5. The Balaban J connectivity index is 1.89. The summed E-state index contributed by atoms with van der Waals surface area (Å²) in [5.41, 5.74) is 1.02. The van der Waals surface area contributed by atoms with Gasteiger partial charge < -0.3 is 9.64 Å². The minimum atomic E-state index is -3.75. The van der Waals surface area contributed by atoms with Gasteiger partial charge in [0.05, 0.1) is 20.5 Å². The van der Waals surface area contributed by atoms with E-state index in [1.54, 1.807) is 49.1 Å². The molecule has 0 aliphatic heterocycles. The van der Waals surface area contributed by atoms with E-state index in [-0.39, 0.29) is 29.0 Å². The minimum Gasteiger partial charge on any atom is -0.457 e. The van der Waals surface area contributed by atoms with Crippen LogP contribution in [0, 0.1) is 0 Å². The Morgan fingerprint density at radius 3 is 2.43 bits per heavy atom. The van der Waals surface area contributed by atoms with Gasteiger partial charge in [0.25, 0.3) is 5.91 Å². The molecule has 0 spiro atoms. The van der Waals surface area contributed by atoms with Crippen molar-refractivity contribution in [3.63, 3.8) is 0 Å². The highest BCUT2D eigenvalue weighted by atomic mass is 79.9. The summed E-state index contributed by atoms with van der Waals surface area (Å²) in [6.07, 6.45) is 0. The van der Waals surface area contributed by atoms with Gasteiger partial charge in [0.15, 0.2) is 0 Å². The van der Waals surface area contributed by atoms with E-state index < -0.39 is 10.0 Å². The molecule has 0 heterocycles. The zero-order valence-corrected chi connectivity index (χ0v) is 23.3. The first kappa shape index (κ1) is 27.5. The van der Waals surface area contributed by atoms with Gasteiger partial charge in [-0.05, 0) is 73.1 Å². The average Bonchev–Trinajstić information content (AvgIpc) is 2.79. The lowest BCUT2D eigenvalue weighted by Crippen LogP contribution is -2.32. The largest absolute Gasteiger partial charge is 0.457 e. The molecule has 0 saturated heterocycles. The SMILES string of the molecule is CCN(Cc1ccccc1Oc1ccc(Cl)c(Cl)c1)C(=O)c1cc(S(=O)(=O)NC(C)C)ccc1Br. The van der Waals surface area contributed by atoms with E-state index in [4.69, 9.17) is 27.9 Å². The Kier molecular flexibility index (Phi) is 9.23. The molecule has 0 radical (unpaired) electrons. The zero-order valence-electron chi connectivity index (χ0n) is 19.4. The van der Waals surface area contributed by atoms with Crippen molar-refractivity contribution in [1.29, 1.82) is 0 Å². The summed E-state index contributed by atoms with van der Waals surface area (Å²) in [6.45, 7) is 5.97. The molecule has 6 nitrogen and oxygen atoms in total. The number of halogens is 3. The molecule has 0 fully saturated rings. The van der Waals surface area contributed by atoms with Gasteiger partial charge in [0, 0.05) is 35.2 Å². The number of carbonyl (C=O) groups is 1.